The number of carbonyl (C=O) groups is 2. The topological polar surface area (TPSA) is 76.4 Å². The number of carbonyl (C=O) groups excluding carboxylic acids is 2. The molecule has 0 saturated heterocycles. The second-order valence-corrected chi connectivity index (χ2v) is 6.13. The zero-order valence-corrected chi connectivity index (χ0v) is 15.4. The molecule has 0 aliphatic heterocycles. The molecule has 0 unspecified atom stereocenters. The van der Waals surface area contributed by atoms with E-state index in [4.69, 9.17) is 5.26 Å². The summed E-state index contributed by atoms with van der Waals surface area (Å²) < 4.78 is 27.0. The smallest absolute Gasteiger partial charge is 0.241 e. The normalized spacial score (nSPS) is 10.4. The highest BCUT2D eigenvalue weighted by atomic mass is 19.1. The maximum absolute atomic E-state index is 14.1. The Morgan fingerprint density at radius 1 is 1.07 bits per heavy atom. The minimum Gasteiger partial charge on any atom is -0.325 e. The van der Waals surface area contributed by atoms with Gasteiger partial charge in [0.2, 0.25) is 11.8 Å². The Morgan fingerprint density at radius 3 is 2.39 bits per heavy atom. The monoisotopic (exact) mass is 386 g/mol. The van der Waals surface area contributed by atoms with Gasteiger partial charge in [0, 0.05) is 12.2 Å². The molecule has 2 aromatic rings. The van der Waals surface area contributed by atoms with Gasteiger partial charge >= 0.3 is 0 Å². The van der Waals surface area contributed by atoms with Crippen molar-refractivity contribution >= 4 is 23.2 Å². The first-order valence-corrected chi connectivity index (χ1v) is 8.56. The summed E-state index contributed by atoms with van der Waals surface area (Å²) in [7, 11) is 1.58. The van der Waals surface area contributed by atoms with Crippen LogP contribution < -0.4 is 10.2 Å². The van der Waals surface area contributed by atoms with Gasteiger partial charge in [0.05, 0.1) is 31.3 Å². The van der Waals surface area contributed by atoms with E-state index in [1.807, 2.05) is 6.07 Å². The highest BCUT2D eigenvalue weighted by Crippen LogP contribution is 2.19. The highest BCUT2D eigenvalue weighted by molar-refractivity contribution is 5.96. The van der Waals surface area contributed by atoms with Gasteiger partial charge < -0.3 is 10.2 Å². The highest BCUT2D eigenvalue weighted by Gasteiger charge is 2.20. The lowest BCUT2D eigenvalue weighted by molar-refractivity contribution is -0.121. The van der Waals surface area contributed by atoms with E-state index in [1.165, 1.54) is 52.3 Å². The molecule has 0 heterocycles. The van der Waals surface area contributed by atoms with Gasteiger partial charge in [0.25, 0.3) is 0 Å². The van der Waals surface area contributed by atoms with E-state index in [-0.39, 0.29) is 37.6 Å². The van der Waals surface area contributed by atoms with E-state index in [2.05, 4.69) is 5.32 Å². The van der Waals surface area contributed by atoms with Crippen LogP contribution in [0.15, 0.2) is 48.5 Å². The molecule has 2 rings (SSSR count). The van der Waals surface area contributed by atoms with E-state index in [0.717, 1.165) is 0 Å². The van der Waals surface area contributed by atoms with Gasteiger partial charge in [-0.2, -0.15) is 5.26 Å². The van der Waals surface area contributed by atoms with Crippen LogP contribution in [-0.2, 0) is 9.59 Å². The largest absolute Gasteiger partial charge is 0.325 e. The number of benzene rings is 2. The number of hydrogen-bond donors (Lipinski definition) is 1. The van der Waals surface area contributed by atoms with Crippen molar-refractivity contribution in [3.63, 3.8) is 0 Å². The predicted molar refractivity (Wildman–Crippen MR) is 102 cm³/mol. The zero-order chi connectivity index (χ0) is 20.5. The van der Waals surface area contributed by atoms with Crippen molar-refractivity contribution in [3.8, 4) is 6.07 Å². The van der Waals surface area contributed by atoms with E-state index in [9.17, 15) is 18.4 Å². The Labute approximate surface area is 162 Å². The van der Waals surface area contributed by atoms with Crippen LogP contribution in [0.2, 0.25) is 0 Å². The Hall–Kier alpha value is -3.31. The summed E-state index contributed by atoms with van der Waals surface area (Å²) in [6, 6.07) is 13.1. The molecule has 0 spiro atoms. The van der Waals surface area contributed by atoms with Gasteiger partial charge in [-0.05, 0) is 43.4 Å². The average molecular weight is 386 g/mol. The fourth-order valence-corrected chi connectivity index (χ4v) is 2.56. The van der Waals surface area contributed by atoms with E-state index in [1.54, 1.807) is 13.1 Å². The van der Waals surface area contributed by atoms with Crippen molar-refractivity contribution in [3.05, 3.63) is 60.2 Å². The molecule has 2 amide bonds. The summed E-state index contributed by atoms with van der Waals surface area (Å²) in [5.74, 6) is -1.79. The third-order valence-corrected chi connectivity index (χ3v) is 3.84. The summed E-state index contributed by atoms with van der Waals surface area (Å²) in [4.78, 5) is 27.4. The van der Waals surface area contributed by atoms with Crippen LogP contribution in [0.3, 0.4) is 0 Å². The molecule has 8 heteroatoms. The number of hydrogen-bond acceptors (Lipinski definition) is 4. The van der Waals surface area contributed by atoms with Crippen molar-refractivity contribution in [2.24, 2.45) is 0 Å². The van der Waals surface area contributed by atoms with Crippen LogP contribution in [0.25, 0.3) is 0 Å². The molecule has 0 saturated carbocycles. The van der Waals surface area contributed by atoms with Crippen LogP contribution in [-0.4, -0.2) is 43.4 Å². The number of nitriles is 1. The minimum absolute atomic E-state index is 0.0475. The van der Waals surface area contributed by atoms with E-state index < -0.39 is 17.5 Å². The lowest BCUT2D eigenvalue weighted by atomic mass is 10.2. The first kappa shape index (κ1) is 21.0. The number of rotatable bonds is 8. The standard InChI is InChI=1S/C20H20F2N4O2/c1-25(13-19(27)24-16-9-7-15(21)8-10-16)14-20(28)26(12-4-11-23)18-6-3-2-5-17(18)22/h2-3,5-10H,4,12-14H2,1H3,(H,24,27). The molecule has 0 radical (unpaired) electrons. The van der Waals surface area contributed by atoms with Gasteiger partial charge in [0.15, 0.2) is 0 Å². The van der Waals surface area contributed by atoms with Crippen molar-refractivity contribution in [1.29, 1.82) is 5.26 Å². The molecule has 0 aliphatic rings. The van der Waals surface area contributed by atoms with Gasteiger partial charge in [-0.1, -0.05) is 12.1 Å². The second kappa shape index (κ2) is 10.1. The Kier molecular flexibility index (Phi) is 7.60. The number of anilines is 2. The molecule has 146 valence electrons. The third-order valence-electron chi connectivity index (χ3n) is 3.84. The first-order chi connectivity index (χ1) is 13.4. The average Bonchev–Trinajstić information content (AvgIpc) is 2.65. The van der Waals surface area contributed by atoms with Crippen molar-refractivity contribution in [2.75, 3.05) is 36.9 Å². The summed E-state index contributed by atoms with van der Waals surface area (Å²) in [6.45, 7) is -0.186. The van der Waals surface area contributed by atoms with Crippen LogP contribution in [0.1, 0.15) is 6.42 Å². The van der Waals surface area contributed by atoms with Gasteiger partial charge in [-0.15, -0.1) is 0 Å². The van der Waals surface area contributed by atoms with Crippen LogP contribution in [0, 0.1) is 23.0 Å². The molecule has 0 atom stereocenters. The summed E-state index contributed by atoms with van der Waals surface area (Å²) in [6.07, 6.45) is 0.0504. The van der Waals surface area contributed by atoms with Gasteiger partial charge in [0.1, 0.15) is 11.6 Å². The molecular weight excluding hydrogens is 366 g/mol. The molecule has 0 aliphatic carbocycles. The minimum atomic E-state index is -0.564. The lowest BCUT2D eigenvalue weighted by Crippen LogP contribution is -2.42. The molecule has 6 nitrogen and oxygen atoms in total. The Balaban J connectivity index is 1.97. The fraction of sp³-hybridized carbons (Fsp3) is 0.250. The van der Waals surface area contributed by atoms with Crippen molar-refractivity contribution < 1.29 is 18.4 Å². The maximum Gasteiger partial charge on any atom is 0.241 e. The molecule has 0 aromatic heterocycles. The first-order valence-electron chi connectivity index (χ1n) is 8.56. The molecule has 0 fully saturated rings. The van der Waals surface area contributed by atoms with Gasteiger partial charge in [-0.25, -0.2) is 8.78 Å². The molecule has 1 N–H and O–H groups in total. The van der Waals surface area contributed by atoms with Crippen molar-refractivity contribution in [2.45, 2.75) is 6.42 Å². The third kappa shape index (κ3) is 6.14. The number of likely N-dealkylation sites (N-methyl/N-ethyl adjacent to an activating group) is 1. The lowest BCUT2D eigenvalue weighted by Gasteiger charge is -2.25. The molecular formula is C20H20F2N4O2. The maximum atomic E-state index is 14.1. The predicted octanol–water partition coefficient (Wildman–Crippen LogP) is 2.78. The number of amides is 2. The van der Waals surface area contributed by atoms with Crippen LogP contribution in [0.4, 0.5) is 20.2 Å². The van der Waals surface area contributed by atoms with Crippen molar-refractivity contribution in [1.82, 2.24) is 4.90 Å². The number of para-hydroxylation sites is 1. The Morgan fingerprint density at radius 2 is 1.75 bits per heavy atom. The quantitative estimate of drug-likeness (QED) is 0.757. The van der Waals surface area contributed by atoms with E-state index >= 15 is 0 Å². The summed E-state index contributed by atoms with van der Waals surface area (Å²) in [5.41, 5.74) is 0.528. The fourth-order valence-electron chi connectivity index (χ4n) is 2.56. The second-order valence-electron chi connectivity index (χ2n) is 6.13. The van der Waals surface area contributed by atoms with E-state index in [0.29, 0.717) is 5.69 Å². The molecule has 28 heavy (non-hydrogen) atoms. The zero-order valence-electron chi connectivity index (χ0n) is 15.4. The molecule has 2 aromatic carbocycles. The SMILES string of the molecule is CN(CC(=O)Nc1ccc(F)cc1)CC(=O)N(CCC#N)c1ccccc1F. The number of nitrogens with one attached hydrogen (secondary N) is 1. The number of nitrogens with zero attached hydrogens (tertiary/aromatic N) is 3. The summed E-state index contributed by atoms with van der Waals surface area (Å²) >= 11 is 0. The number of halogens is 2. The van der Waals surface area contributed by atoms with Crippen LogP contribution in [0.5, 0.6) is 0 Å². The van der Waals surface area contributed by atoms with Crippen LogP contribution >= 0.6 is 0 Å². The Bertz CT molecular complexity index is 865. The summed E-state index contributed by atoms with van der Waals surface area (Å²) in [5, 5.41) is 11.4. The molecule has 0 bridgehead atoms. The van der Waals surface area contributed by atoms with Gasteiger partial charge in [-0.3, -0.25) is 14.5 Å².